The average Bonchev–Trinajstić information content (AvgIpc) is 1.59. The van der Waals surface area contributed by atoms with Gasteiger partial charge in [-0.2, -0.15) is 22.0 Å². The van der Waals surface area contributed by atoms with E-state index in [2.05, 4.69) is 12.6 Å². The first kappa shape index (κ1) is 9.67. The van der Waals surface area contributed by atoms with Gasteiger partial charge in [-0.05, 0) is 0 Å². The Morgan fingerprint density at radius 3 is 1.40 bits per heavy atom. The van der Waals surface area contributed by atoms with Crippen molar-refractivity contribution in [3.8, 4) is 0 Å². The summed E-state index contributed by atoms with van der Waals surface area (Å²) in [4.78, 5) is 9.53. The fourth-order valence-corrected chi connectivity index (χ4v) is 0.297. The van der Waals surface area contributed by atoms with E-state index in [0.29, 0.717) is 0 Å². The summed E-state index contributed by atoms with van der Waals surface area (Å²) in [5, 5.41) is -4.63. The smallest absolute Gasteiger partial charge is 0.282 e. The van der Waals surface area contributed by atoms with Crippen molar-refractivity contribution < 1.29 is 26.7 Å². The summed E-state index contributed by atoms with van der Waals surface area (Å²) in [7, 11) is 0. The van der Waals surface area contributed by atoms with E-state index in [-0.39, 0.29) is 0 Å². The van der Waals surface area contributed by atoms with Gasteiger partial charge in [0, 0.05) is 0 Å². The van der Waals surface area contributed by atoms with Gasteiger partial charge in [-0.15, -0.1) is 0 Å². The molecule has 0 saturated carbocycles. The molecule has 0 aliphatic heterocycles. The van der Waals surface area contributed by atoms with Gasteiger partial charge < -0.3 is 0 Å². The summed E-state index contributed by atoms with van der Waals surface area (Å²) in [6.45, 7) is 0. The summed E-state index contributed by atoms with van der Waals surface area (Å²) in [5.74, 6) is -3.15. The number of hydrogen-bond acceptors (Lipinski definition) is 2. The molecule has 0 radical (unpaired) electrons. The van der Waals surface area contributed by atoms with Crippen molar-refractivity contribution in [3.63, 3.8) is 0 Å². The highest BCUT2D eigenvalue weighted by Gasteiger charge is 2.52. The van der Waals surface area contributed by atoms with Crippen molar-refractivity contribution in [2.24, 2.45) is 0 Å². The molecule has 0 aromatic carbocycles. The Labute approximate surface area is 57.6 Å². The molecule has 0 bridgehead atoms. The molecule has 0 heterocycles. The van der Waals surface area contributed by atoms with Crippen LogP contribution in [0.4, 0.5) is 22.0 Å². The van der Waals surface area contributed by atoms with Crippen LogP contribution in [0.3, 0.4) is 0 Å². The lowest BCUT2D eigenvalue weighted by atomic mass is 10.4. The maximum atomic E-state index is 11.4. The Balaban J connectivity index is 4.40. The standard InChI is InChI=1S/C3HF5OS/c4-2(5,6)1(9)3(7,8)10/h10H. The largest absolute Gasteiger partial charge is 0.457 e. The molecule has 0 rings (SSSR count). The number of hydrogen-bond donors (Lipinski definition) is 1. The molecule has 0 fully saturated rings. The molecule has 10 heavy (non-hydrogen) atoms. The molecule has 0 atom stereocenters. The molecule has 0 aromatic rings. The van der Waals surface area contributed by atoms with Crippen molar-refractivity contribution in [2.45, 2.75) is 11.4 Å². The van der Waals surface area contributed by atoms with Crippen LogP contribution in [-0.2, 0) is 4.79 Å². The predicted molar refractivity (Wildman–Crippen MR) is 25.0 cm³/mol. The molecule has 0 aliphatic carbocycles. The normalized spacial score (nSPS) is 13.4. The number of ketones is 1. The third kappa shape index (κ3) is 2.51. The minimum Gasteiger partial charge on any atom is -0.282 e. The van der Waals surface area contributed by atoms with Gasteiger partial charge in [0.2, 0.25) is 0 Å². The summed E-state index contributed by atoms with van der Waals surface area (Å²) in [6.07, 6.45) is -5.52. The monoisotopic (exact) mass is 180 g/mol. The van der Waals surface area contributed by atoms with Crippen LogP contribution in [-0.4, -0.2) is 17.2 Å². The minimum atomic E-state index is -5.52. The van der Waals surface area contributed by atoms with Crippen LogP contribution < -0.4 is 0 Å². The quantitative estimate of drug-likeness (QED) is 0.479. The molecular formula is C3HF5OS. The van der Waals surface area contributed by atoms with Gasteiger partial charge in [-0.25, -0.2) is 0 Å². The highest BCUT2D eigenvalue weighted by atomic mass is 32.1. The van der Waals surface area contributed by atoms with E-state index in [1.807, 2.05) is 0 Å². The average molecular weight is 180 g/mol. The third-order valence-corrected chi connectivity index (χ3v) is 0.734. The van der Waals surface area contributed by atoms with E-state index in [9.17, 15) is 26.7 Å². The van der Waals surface area contributed by atoms with Gasteiger partial charge >= 0.3 is 17.2 Å². The molecule has 0 aliphatic rings. The lowest BCUT2D eigenvalue weighted by Gasteiger charge is -2.09. The van der Waals surface area contributed by atoms with Crippen molar-refractivity contribution in [1.82, 2.24) is 0 Å². The Morgan fingerprint density at radius 1 is 1.10 bits per heavy atom. The van der Waals surface area contributed by atoms with E-state index in [1.54, 1.807) is 0 Å². The first-order valence-electron chi connectivity index (χ1n) is 1.87. The molecule has 0 amide bonds. The molecule has 0 saturated heterocycles. The molecule has 0 spiro atoms. The molecule has 0 N–H and O–H groups in total. The Kier molecular flexibility index (Phi) is 2.29. The lowest BCUT2D eigenvalue weighted by molar-refractivity contribution is -0.185. The first-order chi connectivity index (χ1) is 4.15. The van der Waals surface area contributed by atoms with Crippen LogP contribution in [0.25, 0.3) is 0 Å². The summed E-state index contributed by atoms with van der Waals surface area (Å²) in [6, 6.07) is 0. The molecular weight excluding hydrogens is 179 g/mol. The highest BCUT2D eigenvalue weighted by Crippen LogP contribution is 2.29. The van der Waals surface area contributed by atoms with Crippen molar-refractivity contribution in [3.05, 3.63) is 0 Å². The number of thiol groups is 1. The SMILES string of the molecule is O=C(C(F)(F)F)C(F)(F)S. The first-order valence-corrected chi connectivity index (χ1v) is 2.32. The number of carbonyl (C=O) groups excluding carboxylic acids is 1. The van der Waals surface area contributed by atoms with Crippen LogP contribution >= 0.6 is 12.6 Å². The fraction of sp³-hybridized carbons (Fsp3) is 0.667. The second-order valence-electron chi connectivity index (χ2n) is 1.37. The fourth-order valence-electron chi connectivity index (χ4n) is 0.171. The topological polar surface area (TPSA) is 17.1 Å². The summed E-state index contributed by atoms with van der Waals surface area (Å²) >= 11 is 2.14. The van der Waals surface area contributed by atoms with Gasteiger partial charge in [0.1, 0.15) is 0 Å². The zero-order chi connectivity index (χ0) is 8.58. The van der Waals surface area contributed by atoms with Gasteiger partial charge in [0.25, 0.3) is 0 Å². The van der Waals surface area contributed by atoms with E-state index < -0.39 is 17.2 Å². The van der Waals surface area contributed by atoms with Gasteiger partial charge in [-0.1, -0.05) is 12.6 Å². The second kappa shape index (κ2) is 2.37. The van der Waals surface area contributed by atoms with Gasteiger partial charge in [0.15, 0.2) is 0 Å². The van der Waals surface area contributed by atoms with Gasteiger partial charge in [0.05, 0.1) is 0 Å². The van der Waals surface area contributed by atoms with Crippen LogP contribution in [0.15, 0.2) is 0 Å². The predicted octanol–water partition coefficient (Wildman–Crippen LogP) is 1.64. The third-order valence-electron chi connectivity index (χ3n) is 0.531. The Bertz CT molecular complexity index is 128. The van der Waals surface area contributed by atoms with Crippen LogP contribution in [0.2, 0.25) is 0 Å². The van der Waals surface area contributed by atoms with Crippen molar-refractivity contribution in [2.75, 3.05) is 0 Å². The maximum Gasteiger partial charge on any atom is 0.457 e. The highest BCUT2D eigenvalue weighted by molar-refractivity contribution is 7.82. The molecule has 7 heteroatoms. The van der Waals surface area contributed by atoms with E-state index in [1.165, 1.54) is 0 Å². The van der Waals surface area contributed by atoms with Crippen LogP contribution in [0.5, 0.6) is 0 Å². The Morgan fingerprint density at radius 2 is 1.40 bits per heavy atom. The minimum absolute atomic E-state index is 2.14. The summed E-state index contributed by atoms with van der Waals surface area (Å²) < 4.78 is 56.0. The number of carbonyl (C=O) groups is 1. The van der Waals surface area contributed by atoms with Crippen molar-refractivity contribution in [1.29, 1.82) is 0 Å². The van der Waals surface area contributed by atoms with Gasteiger partial charge in [-0.3, -0.25) is 4.79 Å². The van der Waals surface area contributed by atoms with E-state index in [4.69, 9.17) is 0 Å². The number of Topliss-reactive ketones (excluding diaryl/α,β-unsaturated/α-hetero) is 1. The molecule has 60 valence electrons. The molecule has 1 nitrogen and oxygen atoms in total. The number of alkyl halides is 5. The number of rotatable bonds is 1. The second-order valence-corrected chi connectivity index (χ2v) is 1.93. The zero-order valence-electron chi connectivity index (χ0n) is 4.25. The van der Waals surface area contributed by atoms with Crippen LogP contribution in [0.1, 0.15) is 0 Å². The van der Waals surface area contributed by atoms with Crippen LogP contribution in [0, 0.1) is 0 Å². The van der Waals surface area contributed by atoms with E-state index >= 15 is 0 Å². The van der Waals surface area contributed by atoms with E-state index in [0.717, 1.165) is 0 Å². The molecule has 0 aromatic heterocycles. The number of halogens is 5. The Hall–Kier alpha value is -0.330. The molecule has 0 unspecified atom stereocenters. The summed E-state index contributed by atoms with van der Waals surface area (Å²) in [5.41, 5.74) is 0. The lowest BCUT2D eigenvalue weighted by Crippen LogP contribution is -2.35. The maximum absolute atomic E-state index is 11.4. The van der Waals surface area contributed by atoms with Crippen molar-refractivity contribution >= 4 is 18.4 Å². The zero-order valence-corrected chi connectivity index (χ0v) is 5.14.